The molecule has 2 aromatic carbocycles. The smallest absolute Gasteiger partial charge is 0.338 e. The molecule has 0 saturated carbocycles. The lowest BCUT2D eigenvalue weighted by Gasteiger charge is -2.05. The number of rotatable bonds is 5. The van der Waals surface area contributed by atoms with Crippen molar-refractivity contribution in [3.05, 3.63) is 65.7 Å². The molecule has 0 radical (unpaired) electrons. The van der Waals surface area contributed by atoms with Gasteiger partial charge in [-0.05, 0) is 36.4 Å². The Morgan fingerprint density at radius 1 is 0.864 bits per heavy atom. The second kappa shape index (κ2) is 7.17. The minimum atomic E-state index is -0.550. The summed E-state index contributed by atoms with van der Waals surface area (Å²) in [5.74, 6) is -0.967. The highest BCUT2D eigenvalue weighted by atomic mass is 16.5. The van der Waals surface area contributed by atoms with Crippen LogP contribution in [0.25, 0.3) is 0 Å². The van der Waals surface area contributed by atoms with Crippen LogP contribution in [0.4, 0.5) is 0 Å². The first-order chi connectivity index (χ1) is 10.6. The van der Waals surface area contributed by atoms with Gasteiger partial charge < -0.3 is 9.47 Å². The quantitative estimate of drug-likeness (QED) is 0.482. The summed E-state index contributed by atoms with van der Waals surface area (Å²) in [6.45, 7) is 0.947. The SMILES string of the molecule is CC(=O)Oc1ccc(C(=O)COC(=O)c2ccccc2)cc1. The summed E-state index contributed by atoms with van der Waals surface area (Å²) in [5.41, 5.74) is 0.761. The van der Waals surface area contributed by atoms with Crippen molar-refractivity contribution in [1.29, 1.82) is 0 Å². The van der Waals surface area contributed by atoms with Crippen molar-refractivity contribution in [2.24, 2.45) is 0 Å². The van der Waals surface area contributed by atoms with Crippen molar-refractivity contribution in [3.63, 3.8) is 0 Å². The lowest BCUT2D eigenvalue weighted by Crippen LogP contribution is -2.14. The molecular weight excluding hydrogens is 284 g/mol. The Hall–Kier alpha value is -2.95. The molecule has 0 heterocycles. The fraction of sp³-hybridized carbons (Fsp3) is 0.118. The summed E-state index contributed by atoms with van der Waals surface area (Å²) in [6, 6.07) is 14.5. The molecule has 22 heavy (non-hydrogen) atoms. The van der Waals surface area contributed by atoms with Crippen molar-refractivity contribution in [2.45, 2.75) is 6.92 Å². The van der Waals surface area contributed by atoms with E-state index < -0.39 is 11.9 Å². The number of carbonyl (C=O) groups is 3. The van der Waals surface area contributed by atoms with Gasteiger partial charge in [-0.2, -0.15) is 0 Å². The van der Waals surface area contributed by atoms with Gasteiger partial charge >= 0.3 is 11.9 Å². The van der Waals surface area contributed by atoms with Gasteiger partial charge in [-0.1, -0.05) is 18.2 Å². The van der Waals surface area contributed by atoms with E-state index in [2.05, 4.69) is 0 Å². The van der Waals surface area contributed by atoms with Crippen LogP contribution in [0.3, 0.4) is 0 Å². The molecule has 0 aliphatic carbocycles. The fourth-order valence-electron chi connectivity index (χ4n) is 1.75. The predicted molar refractivity (Wildman–Crippen MR) is 78.8 cm³/mol. The van der Waals surface area contributed by atoms with Gasteiger partial charge in [-0.15, -0.1) is 0 Å². The van der Waals surface area contributed by atoms with E-state index in [1.165, 1.54) is 31.2 Å². The average Bonchev–Trinajstić information content (AvgIpc) is 2.53. The molecule has 0 amide bonds. The number of hydrogen-bond donors (Lipinski definition) is 0. The molecule has 5 nitrogen and oxygen atoms in total. The molecule has 2 aromatic rings. The first kappa shape index (κ1) is 15.4. The Balaban J connectivity index is 1.92. The predicted octanol–water partition coefficient (Wildman–Crippen LogP) is 2.65. The number of esters is 2. The second-order valence-corrected chi connectivity index (χ2v) is 4.48. The van der Waals surface area contributed by atoms with Crippen LogP contribution >= 0.6 is 0 Å². The second-order valence-electron chi connectivity index (χ2n) is 4.48. The molecule has 0 spiro atoms. The average molecular weight is 298 g/mol. The maximum atomic E-state index is 11.9. The molecule has 0 fully saturated rings. The lowest BCUT2D eigenvalue weighted by atomic mass is 10.1. The number of hydrogen-bond acceptors (Lipinski definition) is 5. The molecule has 0 N–H and O–H groups in total. The van der Waals surface area contributed by atoms with Crippen LogP contribution in [0, 0.1) is 0 Å². The Labute approximate surface area is 127 Å². The number of ether oxygens (including phenoxy) is 2. The number of Topliss-reactive ketones (excluding diaryl/α,β-unsaturated/α-hetero) is 1. The van der Waals surface area contributed by atoms with Crippen LogP contribution < -0.4 is 4.74 Å². The highest BCUT2D eigenvalue weighted by Gasteiger charge is 2.11. The topological polar surface area (TPSA) is 69.7 Å². The van der Waals surface area contributed by atoms with Gasteiger partial charge in [0.1, 0.15) is 5.75 Å². The van der Waals surface area contributed by atoms with Gasteiger partial charge in [0.2, 0.25) is 0 Å². The van der Waals surface area contributed by atoms with Crippen LogP contribution in [0.15, 0.2) is 54.6 Å². The normalized spacial score (nSPS) is 9.86. The Kier molecular flexibility index (Phi) is 5.03. The summed E-state index contributed by atoms with van der Waals surface area (Å²) < 4.78 is 9.83. The summed E-state index contributed by atoms with van der Waals surface area (Å²) >= 11 is 0. The molecule has 0 aliphatic heterocycles. The van der Waals surface area contributed by atoms with Gasteiger partial charge in [0, 0.05) is 12.5 Å². The number of benzene rings is 2. The molecular formula is C17H14O5. The van der Waals surface area contributed by atoms with E-state index in [0.717, 1.165) is 0 Å². The highest BCUT2D eigenvalue weighted by molar-refractivity contribution is 5.99. The van der Waals surface area contributed by atoms with Gasteiger partial charge in [-0.3, -0.25) is 9.59 Å². The Morgan fingerprint density at radius 3 is 2.09 bits per heavy atom. The summed E-state index contributed by atoms with van der Waals surface area (Å²) in [4.78, 5) is 34.5. The molecule has 0 bridgehead atoms. The van der Waals surface area contributed by atoms with Crippen molar-refractivity contribution < 1.29 is 23.9 Å². The largest absolute Gasteiger partial charge is 0.454 e. The summed E-state index contributed by atoms with van der Waals surface area (Å²) in [5, 5.41) is 0. The zero-order chi connectivity index (χ0) is 15.9. The Morgan fingerprint density at radius 2 is 1.50 bits per heavy atom. The molecule has 0 aliphatic rings. The molecule has 0 aromatic heterocycles. The minimum absolute atomic E-state index is 0.335. The summed E-state index contributed by atoms with van der Waals surface area (Å²) in [6.07, 6.45) is 0. The Bertz CT molecular complexity index is 674. The van der Waals surface area contributed by atoms with Crippen molar-refractivity contribution in [1.82, 2.24) is 0 Å². The molecule has 0 saturated heterocycles. The van der Waals surface area contributed by atoms with Crippen LogP contribution in [0.1, 0.15) is 27.6 Å². The van der Waals surface area contributed by atoms with E-state index in [0.29, 0.717) is 16.9 Å². The monoisotopic (exact) mass is 298 g/mol. The molecule has 112 valence electrons. The van der Waals surface area contributed by atoms with E-state index in [9.17, 15) is 14.4 Å². The van der Waals surface area contributed by atoms with Crippen molar-refractivity contribution in [2.75, 3.05) is 6.61 Å². The van der Waals surface area contributed by atoms with Gasteiger partial charge in [0.15, 0.2) is 12.4 Å². The third-order valence-corrected chi connectivity index (χ3v) is 2.78. The zero-order valence-electron chi connectivity index (χ0n) is 11.9. The standard InChI is InChI=1S/C17H14O5/c1-12(18)22-15-9-7-13(8-10-15)16(19)11-21-17(20)14-5-3-2-4-6-14/h2-10H,11H2,1H3. The van der Waals surface area contributed by atoms with Crippen LogP contribution in [-0.4, -0.2) is 24.3 Å². The number of ketones is 1. The highest BCUT2D eigenvalue weighted by Crippen LogP contribution is 2.13. The lowest BCUT2D eigenvalue weighted by molar-refractivity contribution is -0.131. The van der Waals surface area contributed by atoms with E-state index in [1.54, 1.807) is 30.3 Å². The zero-order valence-corrected chi connectivity index (χ0v) is 11.9. The van der Waals surface area contributed by atoms with E-state index >= 15 is 0 Å². The van der Waals surface area contributed by atoms with E-state index in [4.69, 9.17) is 9.47 Å². The maximum Gasteiger partial charge on any atom is 0.338 e. The van der Waals surface area contributed by atoms with Crippen LogP contribution in [0.2, 0.25) is 0 Å². The minimum Gasteiger partial charge on any atom is -0.454 e. The van der Waals surface area contributed by atoms with Gasteiger partial charge in [-0.25, -0.2) is 4.79 Å². The molecule has 5 heteroatoms. The first-order valence-corrected chi connectivity index (χ1v) is 6.60. The van der Waals surface area contributed by atoms with E-state index in [1.807, 2.05) is 0 Å². The maximum absolute atomic E-state index is 11.9. The van der Waals surface area contributed by atoms with Crippen molar-refractivity contribution >= 4 is 17.7 Å². The number of carbonyl (C=O) groups excluding carboxylic acids is 3. The first-order valence-electron chi connectivity index (χ1n) is 6.60. The van der Waals surface area contributed by atoms with Gasteiger partial charge in [0.25, 0.3) is 0 Å². The molecule has 2 rings (SSSR count). The van der Waals surface area contributed by atoms with Crippen LogP contribution in [-0.2, 0) is 9.53 Å². The third kappa shape index (κ3) is 4.28. The molecule has 0 atom stereocenters. The van der Waals surface area contributed by atoms with Crippen LogP contribution in [0.5, 0.6) is 5.75 Å². The van der Waals surface area contributed by atoms with E-state index in [-0.39, 0.29) is 12.4 Å². The third-order valence-electron chi connectivity index (χ3n) is 2.78. The molecule has 0 unspecified atom stereocenters. The van der Waals surface area contributed by atoms with Crippen molar-refractivity contribution in [3.8, 4) is 5.75 Å². The fourth-order valence-corrected chi connectivity index (χ4v) is 1.75. The van der Waals surface area contributed by atoms with Gasteiger partial charge in [0.05, 0.1) is 5.56 Å². The summed E-state index contributed by atoms with van der Waals surface area (Å²) in [7, 11) is 0.